The van der Waals surface area contributed by atoms with Crippen molar-refractivity contribution in [2.75, 3.05) is 19.7 Å². The first-order valence-electron chi connectivity index (χ1n) is 13.0. The van der Waals surface area contributed by atoms with E-state index in [-0.39, 0.29) is 43.0 Å². The molecule has 2 aliphatic rings. The topological polar surface area (TPSA) is 113 Å². The van der Waals surface area contributed by atoms with Crippen LogP contribution in [0.1, 0.15) is 37.7 Å². The van der Waals surface area contributed by atoms with Gasteiger partial charge in [-0.15, -0.1) is 0 Å². The van der Waals surface area contributed by atoms with Gasteiger partial charge < -0.3 is 20.5 Å². The molecule has 0 spiro atoms. The van der Waals surface area contributed by atoms with Crippen LogP contribution in [0.15, 0.2) is 42.5 Å². The van der Waals surface area contributed by atoms with Gasteiger partial charge in [0.2, 0.25) is 5.91 Å². The summed E-state index contributed by atoms with van der Waals surface area (Å²) in [5, 5.41) is 10.7. The fourth-order valence-electron chi connectivity index (χ4n) is 5.41. The molecule has 0 radical (unpaired) electrons. The predicted molar refractivity (Wildman–Crippen MR) is 151 cm³/mol. The number of carbonyl (C=O) groups is 3. The van der Waals surface area contributed by atoms with E-state index in [2.05, 4.69) is 4.90 Å². The Morgan fingerprint density at radius 1 is 1.08 bits per heavy atom. The predicted octanol–water partition coefficient (Wildman–Crippen LogP) is 4.46. The molecule has 2 fully saturated rings. The largest absolute Gasteiger partial charge is 0.490 e. The van der Waals surface area contributed by atoms with E-state index >= 15 is 0 Å². The summed E-state index contributed by atoms with van der Waals surface area (Å²) < 4.78 is 6.03. The first kappa shape index (κ1) is 29.6. The zero-order valence-electron chi connectivity index (χ0n) is 21.4. The molecule has 210 valence electrons. The van der Waals surface area contributed by atoms with Crippen LogP contribution >= 0.6 is 34.8 Å². The number of para-hydroxylation sites is 1. The second-order valence-electron chi connectivity index (χ2n) is 10.1. The molecule has 2 aromatic carbocycles. The van der Waals surface area contributed by atoms with Gasteiger partial charge in [-0.25, -0.2) is 0 Å². The van der Waals surface area contributed by atoms with Crippen molar-refractivity contribution in [1.29, 1.82) is 0 Å². The van der Waals surface area contributed by atoms with Crippen LogP contribution in [0, 0.1) is 0 Å². The molecular formula is C28H32Cl3N3O5. The minimum absolute atomic E-state index is 0.0425. The highest BCUT2D eigenvalue weighted by Crippen LogP contribution is 2.31. The van der Waals surface area contributed by atoms with Gasteiger partial charge in [0, 0.05) is 38.0 Å². The molecule has 1 unspecified atom stereocenters. The number of ether oxygens (including phenoxy) is 1. The highest BCUT2D eigenvalue weighted by atomic mass is 35.5. The first-order valence-corrected chi connectivity index (χ1v) is 14.1. The maximum absolute atomic E-state index is 13.8. The third-order valence-corrected chi connectivity index (χ3v) is 8.45. The fourth-order valence-corrected chi connectivity index (χ4v) is 5.92. The van der Waals surface area contributed by atoms with Crippen molar-refractivity contribution in [3.8, 4) is 5.75 Å². The van der Waals surface area contributed by atoms with Crippen molar-refractivity contribution < 1.29 is 24.2 Å². The van der Waals surface area contributed by atoms with Gasteiger partial charge in [-0.05, 0) is 55.5 Å². The Kier molecular flexibility index (Phi) is 10.1. The highest BCUT2D eigenvalue weighted by molar-refractivity contribution is 6.42. The number of hydrogen-bond donors (Lipinski definition) is 2. The van der Waals surface area contributed by atoms with Gasteiger partial charge in [0.05, 0.1) is 27.2 Å². The standard InChI is InChI=1S/C28H32Cl3N3O5/c29-20-7-5-17(13-22(20)31)6-9-25(35)23(8-10-27(36)37)33-12-11-19(16-39-26-4-2-1-3-21(26)30)34-15-18(32)14-24(34)28(33)38/h1-5,7,13,18-19,23-24H,6,8-12,14-16,32H2,(H,36,37)/t18-,19?,23-,24+/m1/s1. The van der Waals surface area contributed by atoms with Gasteiger partial charge in [0.1, 0.15) is 12.4 Å². The number of nitrogens with two attached hydrogens (primary N) is 1. The molecule has 1 amide bonds. The number of carbonyl (C=O) groups excluding carboxylic acids is 2. The van der Waals surface area contributed by atoms with Crippen molar-refractivity contribution >= 4 is 52.5 Å². The molecule has 0 aliphatic carbocycles. The van der Waals surface area contributed by atoms with Crippen molar-refractivity contribution in [1.82, 2.24) is 9.80 Å². The van der Waals surface area contributed by atoms with E-state index in [1.807, 2.05) is 12.1 Å². The van der Waals surface area contributed by atoms with E-state index < -0.39 is 18.1 Å². The SMILES string of the molecule is N[C@@H]1C[C@H]2C(=O)N([C@H](CCC(=O)O)C(=O)CCc3ccc(Cl)c(Cl)c3)CCC(COc3ccccc3Cl)N2C1. The number of carboxylic acid groups (broad SMARTS) is 1. The number of fused-ring (bicyclic) bond motifs is 1. The van der Waals surface area contributed by atoms with Crippen LogP contribution in [-0.2, 0) is 20.8 Å². The number of nitrogens with zero attached hydrogens (tertiary/aromatic N) is 2. The average molecular weight is 597 g/mol. The first-order chi connectivity index (χ1) is 18.6. The van der Waals surface area contributed by atoms with Crippen LogP contribution in [0.2, 0.25) is 15.1 Å². The second-order valence-corrected chi connectivity index (χ2v) is 11.3. The summed E-state index contributed by atoms with van der Waals surface area (Å²) in [4.78, 5) is 42.4. The molecule has 3 N–H and O–H groups in total. The molecule has 39 heavy (non-hydrogen) atoms. The van der Waals surface area contributed by atoms with Crippen molar-refractivity contribution in [3.05, 3.63) is 63.1 Å². The monoisotopic (exact) mass is 595 g/mol. The lowest BCUT2D eigenvalue weighted by Crippen LogP contribution is -2.51. The highest BCUT2D eigenvalue weighted by Gasteiger charge is 2.45. The molecule has 0 bridgehead atoms. The van der Waals surface area contributed by atoms with E-state index in [9.17, 15) is 19.5 Å². The van der Waals surface area contributed by atoms with Crippen molar-refractivity contribution in [3.63, 3.8) is 0 Å². The lowest BCUT2D eigenvalue weighted by atomic mass is 9.97. The summed E-state index contributed by atoms with van der Waals surface area (Å²) >= 11 is 18.4. The molecule has 2 saturated heterocycles. The van der Waals surface area contributed by atoms with Crippen LogP contribution in [0.4, 0.5) is 0 Å². The van der Waals surface area contributed by atoms with Crippen LogP contribution < -0.4 is 10.5 Å². The van der Waals surface area contributed by atoms with Gasteiger partial charge in [0.25, 0.3) is 0 Å². The Morgan fingerprint density at radius 3 is 2.56 bits per heavy atom. The molecule has 4 atom stereocenters. The van der Waals surface area contributed by atoms with Crippen molar-refractivity contribution in [2.45, 2.75) is 62.7 Å². The number of carboxylic acids is 1. The smallest absolute Gasteiger partial charge is 0.303 e. The van der Waals surface area contributed by atoms with Crippen LogP contribution in [0.25, 0.3) is 0 Å². The number of aliphatic carboxylic acids is 1. The Bertz CT molecular complexity index is 1210. The fraction of sp³-hybridized carbons (Fsp3) is 0.464. The number of aryl methyl sites for hydroxylation is 1. The minimum atomic E-state index is -1.02. The number of benzene rings is 2. The summed E-state index contributed by atoms with van der Waals surface area (Å²) in [7, 11) is 0. The van der Waals surface area contributed by atoms with Gasteiger partial charge in [0.15, 0.2) is 5.78 Å². The zero-order valence-corrected chi connectivity index (χ0v) is 23.7. The maximum Gasteiger partial charge on any atom is 0.303 e. The van der Waals surface area contributed by atoms with E-state index in [0.29, 0.717) is 59.8 Å². The number of halogens is 3. The average Bonchev–Trinajstić information content (AvgIpc) is 3.24. The lowest BCUT2D eigenvalue weighted by molar-refractivity contribution is -0.144. The number of Topliss-reactive ketones (excluding diaryl/α,β-unsaturated/α-hetero) is 1. The summed E-state index contributed by atoms with van der Waals surface area (Å²) in [6.07, 6.45) is 1.36. The summed E-state index contributed by atoms with van der Waals surface area (Å²) in [6, 6.07) is 10.7. The van der Waals surface area contributed by atoms with Gasteiger partial charge in [-0.2, -0.15) is 0 Å². The Hall–Kier alpha value is -2.36. The molecule has 8 nitrogen and oxygen atoms in total. The van der Waals surface area contributed by atoms with E-state index in [4.69, 9.17) is 45.3 Å². The molecule has 4 rings (SSSR count). The quantitative estimate of drug-likeness (QED) is 0.394. The normalized spacial score (nSPS) is 22.3. The van der Waals surface area contributed by atoms with Crippen LogP contribution in [-0.4, -0.2) is 76.4 Å². The molecule has 2 heterocycles. The number of ketones is 1. The van der Waals surface area contributed by atoms with E-state index in [0.717, 1.165) is 5.56 Å². The lowest BCUT2D eigenvalue weighted by Gasteiger charge is -2.32. The van der Waals surface area contributed by atoms with E-state index in [1.54, 1.807) is 35.2 Å². The zero-order chi connectivity index (χ0) is 28.1. The van der Waals surface area contributed by atoms with Gasteiger partial charge in [-0.3, -0.25) is 19.3 Å². The summed E-state index contributed by atoms with van der Waals surface area (Å²) in [5.41, 5.74) is 7.11. The van der Waals surface area contributed by atoms with E-state index in [1.165, 1.54) is 0 Å². The van der Waals surface area contributed by atoms with Crippen molar-refractivity contribution in [2.24, 2.45) is 5.73 Å². The molecule has 11 heteroatoms. The summed E-state index contributed by atoms with van der Waals surface area (Å²) in [6.45, 7) is 1.14. The Morgan fingerprint density at radius 2 is 1.85 bits per heavy atom. The van der Waals surface area contributed by atoms with Gasteiger partial charge in [-0.1, -0.05) is 53.0 Å². The molecular weight excluding hydrogens is 565 g/mol. The Balaban J connectivity index is 1.52. The third kappa shape index (κ3) is 7.44. The number of amides is 1. The summed E-state index contributed by atoms with van der Waals surface area (Å²) in [5.74, 6) is -0.838. The van der Waals surface area contributed by atoms with Crippen LogP contribution in [0.3, 0.4) is 0 Å². The minimum Gasteiger partial charge on any atom is -0.490 e. The third-order valence-electron chi connectivity index (χ3n) is 7.40. The van der Waals surface area contributed by atoms with Gasteiger partial charge >= 0.3 is 5.97 Å². The number of hydrogen-bond acceptors (Lipinski definition) is 6. The molecule has 2 aromatic rings. The number of rotatable bonds is 11. The van der Waals surface area contributed by atoms with Crippen LogP contribution in [0.5, 0.6) is 5.75 Å². The Labute approximate surface area is 242 Å². The molecule has 0 saturated carbocycles. The molecule has 0 aromatic heterocycles. The molecule has 2 aliphatic heterocycles. The maximum atomic E-state index is 13.8. The second kappa shape index (κ2) is 13.3.